The second kappa shape index (κ2) is 6.73. The zero-order valence-electron chi connectivity index (χ0n) is 11.8. The van der Waals surface area contributed by atoms with Crippen molar-refractivity contribution in [2.75, 3.05) is 19.4 Å². The SMILES string of the molecule is C=CCCC(C)Nc1ccc(S(=O)(=O)N(C)C)cc1. The van der Waals surface area contributed by atoms with E-state index in [1.807, 2.05) is 6.08 Å². The number of allylic oxidation sites excluding steroid dienone is 1. The quantitative estimate of drug-likeness (QED) is 0.782. The van der Waals surface area contributed by atoms with E-state index in [-0.39, 0.29) is 0 Å². The maximum atomic E-state index is 11.9. The highest BCUT2D eigenvalue weighted by atomic mass is 32.2. The standard InChI is InChI=1S/C14H22N2O2S/c1-5-6-7-12(2)15-13-8-10-14(11-9-13)19(17,18)16(3)4/h5,8-12,15H,1,6-7H2,2-4H3. The van der Waals surface area contributed by atoms with Crippen LogP contribution >= 0.6 is 0 Å². The topological polar surface area (TPSA) is 49.4 Å². The Morgan fingerprint density at radius 2 is 1.89 bits per heavy atom. The van der Waals surface area contributed by atoms with Crippen LogP contribution in [0.25, 0.3) is 0 Å². The maximum absolute atomic E-state index is 11.9. The Hall–Kier alpha value is -1.33. The summed E-state index contributed by atoms with van der Waals surface area (Å²) in [6.45, 7) is 5.79. The number of rotatable bonds is 7. The monoisotopic (exact) mass is 282 g/mol. The van der Waals surface area contributed by atoms with E-state index in [1.165, 1.54) is 18.4 Å². The highest BCUT2D eigenvalue weighted by molar-refractivity contribution is 7.89. The fraction of sp³-hybridized carbons (Fsp3) is 0.429. The Morgan fingerprint density at radius 1 is 1.32 bits per heavy atom. The zero-order valence-corrected chi connectivity index (χ0v) is 12.6. The van der Waals surface area contributed by atoms with Gasteiger partial charge in [0, 0.05) is 25.8 Å². The molecule has 0 aromatic heterocycles. The molecule has 0 aliphatic heterocycles. The summed E-state index contributed by atoms with van der Waals surface area (Å²) in [5.74, 6) is 0. The zero-order chi connectivity index (χ0) is 14.5. The number of sulfonamides is 1. The van der Waals surface area contributed by atoms with E-state index >= 15 is 0 Å². The molecule has 0 spiro atoms. The normalized spacial score (nSPS) is 13.3. The molecule has 0 bridgehead atoms. The molecule has 1 atom stereocenters. The van der Waals surface area contributed by atoms with Crippen molar-refractivity contribution in [3.05, 3.63) is 36.9 Å². The summed E-state index contributed by atoms with van der Waals surface area (Å²) >= 11 is 0. The number of anilines is 1. The molecule has 0 radical (unpaired) electrons. The minimum Gasteiger partial charge on any atom is -0.383 e. The molecule has 106 valence electrons. The van der Waals surface area contributed by atoms with Crippen molar-refractivity contribution < 1.29 is 8.42 Å². The van der Waals surface area contributed by atoms with Gasteiger partial charge >= 0.3 is 0 Å². The van der Waals surface area contributed by atoms with Crippen LogP contribution in [0.4, 0.5) is 5.69 Å². The third kappa shape index (κ3) is 4.36. The summed E-state index contributed by atoms with van der Waals surface area (Å²) in [7, 11) is -0.291. The Morgan fingerprint density at radius 3 is 2.37 bits per heavy atom. The van der Waals surface area contributed by atoms with Crippen LogP contribution in [0.15, 0.2) is 41.8 Å². The molecule has 1 N–H and O–H groups in total. The second-order valence-corrected chi connectivity index (χ2v) is 6.88. The Balaban J connectivity index is 2.75. The van der Waals surface area contributed by atoms with Gasteiger partial charge in [-0.25, -0.2) is 12.7 Å². The Kier molecular flexibility index (Phi) is 5.57. The highest BCUT2D eigenvalue weighted by Gasteiger charge is 2.16. The first-order valence-electron chi connectivity index (χ1n) is 6.28. The molecule has 4 nitrogen and oxygen atoms in total. The van der Waals surface area contributed by atoms with Gasteiger partial charge < -0.3 is 5.32 Å². The van der Waals surface area contributed by atoms with E-state index in [4.69, 9.17) is 0 Å². The summed E-state index contributed by atoms with van der Waals surface area (Å²) in [5.41, 5.74) is 0.925. The average molecular weight is 282 g/mol. The molecule has 5 heteroatoms. The lowest BCUT2D eigenvalue weighted by Gasteiger charge is -2.15. The second-order valence-electron chi connectivity index (χ2n) is 4.72. The minimum absolute atomic E-state index is 0.307. The molecule has 1 rings (SSSR count). The van der Waals surface area contributed by atoms with E-state index in [9.17, 15) is 8.42 Å². The molecule has 0 heterocycles. The molecule has 1 aromatic carbocycles. The van der Waals surface area contributed by atoms with E-state index in [0.717, 1.165) is 18.5 Å². The van der Waals surface area contributed by atoms with Crippen molar-refractivity contribution in [1.82, 2.24) is 4.31 Å². The Bertz CT molecular complexity index is 507. The lowest BCUT2D eigenvalue weighted by Crippen LogP contribution is -2.22. The van der Waals surface area contributed by atoms with Crippen LogP contribution in [0.5, 0.6) is 0 Å². The van der Waals surface area contributed by atoms with Crippen LogP contribution in [-0.4, -0.2) is 32.9 Å². The first-order chi connectivity index (χ1) is 8.87. The maximum Gasteiger partial charge on any atom is 0.242 e. The van der Waals surface area contributed by atoms with Gasteiger partial charge in [-0.1, -0.05) is 6.08 Å². The molecule has 19 heavy (non-hydrogen) atoms. The molecule has 0 saturated heterocycles. The van der Waals surface area contributed by atoms with Crippen LogP contribution in [0.2, 0.25) is 0 Å². The van der Waals surface area contributed by atoms with Crippen LogP contribution < -0.4 is 5.32 Å². The number of hydrogen-bond donors (Lipinski definition) is 1. The molecule has 0 saturated carbocycles. The molecule has 1 unspecified atom stereocenters. The van der Waals surface area contributed by atoms with Gasteiger partial charge in [-0.15, -0.1) is 6.58 Å². The van der Waals surface area contributed by atoms with Gasteiger partial charge in [-0.2, -0.15) is 0 Å². The van der Waals surface area contributed by atoms with Crippen LogP contribution in [0, 0.1) is 0 Å². The van der Waals surface area contributed by atoms with Gasteiger partial charge in [0.1, 0.15) is 0 Å². The molecule has 0 aliphatic rings. The summed E-state index contributed by atoms with van der Waals surface area (Å²) in [6, 6.07) is 7.16. The first-order valence-corrected chi connectivity index (χ1v) is 7.72. The van der Waals surface area contributed by atoms with E-state index in [1.54, 1.807) is 24.3 Å². The number of hydrogen-bond acceptors (Lipinski definition) is 3. The van der Waals surface area contributed by atoms with Crippen molar-refractivity contribution in [1.29, 1.82) is 0 Å². The van der Waals surface area contributed by atoms with Crippen molar-refractivity contribution in [2.24, 2.45) is 0 Å². The van der Waals surface area contributed by atoms with E-state index < -0.39 is 10.0 Å². The lowest BCUT2D eigenvalue weighted by molar-refractivity contribution is 0.521. The van der Waals surface area contributed by atoms with Gasteiger partial charge in [0.25, 0.3) is 0 Å². The van der Waals surface area contributed by atoms with E-state index in [2.05, 4.69) is 18.8 Å². The predicted molar refractivity (Wildman–Crippen MR) is 79.8 cm³/mol. The predicted octanol–water partition coefficient (Wildman–Crippen LogP) is 2.70. The van der Waals surface area contributed by atoms with Crippen LogP contribution in [-0.2, 0) is 10.0 Å². The van der Waals surface area contributed by atoms with Gasteiger partial charge in [0.05, 0.1) is 4.90 Å². The molecule has 0 aliphatic carbocycles. The summed E-state index contributed by atoms with van der Waals surface area (Å²) in [6.07, 6.45) is 3.85. The number of nitrogens with one attached hydrogen (secondary N) is 1. The molecular weight excluding hydrogens is 260 g/mol. The van der Waals surface area contributed by atoms with Gasteiger partial charge in [-0.05, 0) is 44.0 Å². The molecule has 1 aromatic rings. The fourth-order valence-corrected chi connectivity index (χ4v) is 2.56. The van der Waals surface area contributed by atoms with Crippen molar-refractivity contribution in [3.63, 3.8) is 0 Å². The number of benzene rings is 1. The van der Waals surface area contributed by atoms with Crippen molar-refractivity contribution >= 4 is 15.7 Å². The van der Waals surface area contributed by atoms with Crippen LogP contribution in [0.3, 0.4) is 0 Å². The van der Waals surface area contributed by atoms with Gasteiger partial charge in [0.15, 0.2) is 0 Å². The number of nitrogens with zero attached hydrogens (tertiary/aromatic N) is 1. The largest absolute Gasteiger partial charge is 0.383 e. The average Bonchev–Trinajstić information content (AvgIpc) is 2.36. The lowest BCUT2D eigenvalue weighted by atomic mass is 10.1. The summed E-state index contributed by atoms with van der Waals surface area (Å²) < 4.78 is 25.0. The van der Waals surface area contributed by atoms with E-state index in [0.29, 0.717) is 10.9 Å². The van der Waals surface area contributed by atoms with Crippen LogP contribution in [0.1, 0.15) is 19.8 Å². The smallest absolute Gasteiger partial charge is 0.242 e. The molecule has 0 amide bonds. The third-order valence-corrected chi connectivity index (χ3v) is 4.68. The minimum atomic E-state index is -3.34. The van der Waals surface area contributed by atoms with Crippen molar-refractivity contribution in [3.8, 4) is 0 Å². The van der Waals surface area contributed by atoms with Gasteiger partial charge in [0.2, 0.25) is 10.0 Å². The summed E-state index contributed by atoms with van der Waals surface area (Å²) in [4.78, 5) is 0.307. The molecule has 0 fully saturated rings. The highest BCUT2D eigenvalue weighted by Crippen LogP contribution is 2.17. The van der Waals surface area contributed by atoms with Crippen molar-refractivity contribution in [2.45, 2.75) is 30.7 Å². The van der Waals surface area contributed by atoms with Gasteiger partial charge in [-0.3, -0.25) is 0 Å². The fourth-order valence-electron chi connectivity index (χ4n) is 1.66. The Labute approximate surface area is 116 Å². The molecular formula is C14H22N2O2S. The summed E-state index contributed by atoms with van der Waals surface area (Å²) in [5, 5.41) is 3.33. The first kappa shape index (κ1) is 15.7. The third-order valence-electron chi connectivity index (χ3n) is 2.85.